The van der Waals surface area contributed by atoms with Crippen molar-refractivity contribution in [2.24, 2.45) is 0 Å². The van der Waals surface area contributed by atoms with E-state index in [1.807, 2.05) is 0 Å². The maximum atomic E-state index is 10.8. The van der Waals surface area contributed by atoms with Crippen molar-refractivity contribution in [1.82, 2.24) is 10.2 Å². The second-order valence-electron chi connectivity index (χ2n) is 2.20. The van der Waals surface area contributed by atoms with E-state index in [4.69, 9.17) is 0 Å². The Morgan fingerprint density at radius 2 is 1.91 bits per heavy atom. The molecule has 4 heteroatoms. The summed E-state index contributed by atoms with van der Waals surface area (Å²) < 4.78 is 0.740. The Morgan fingerprint density at radius 1 is 1.18 bits per heavy atom. The van der Waals surface area contributed by atoms with E-state index in [1.165, 1.54) is 12.4 Å². The molecule has 0 bridgehead atoms. The largest absolute Gasteiger partial charge is 0.619 e. The lowest BCUT2D eigenvalue weighted by Gasteiger charge is -1.95. The van der Waals surface area contributed by atoms with Crippen LogP contribution in [-0.4, -0.2) is 10.2 Å². The second-order valence-corrected chi connectivity index (χ2v) is 2.20. The molecule has 0 fully saturated rings. The van der Waals surface area contributed by atoms with Gasteiger partial charge in [0, 0.05) is 11.5 Å². The zero-order chi connectivity index (χ0) is 7.68. The van der Waals surface area contributed by atoms with Gasteiger partial charge in [0.15, 0.2) is 12.4 Å². The summed E-state index contributed by atoms with van der Waals surface area (Å²) in [5.41, 5.74) is 0. The summed E-state index contributed by atoms with van der Waals surface area (Å²) in [6.45, 7) is 0. The molecule has 2 aromatic rings. The molecule has 0 radical (unpaired) electrons. The van der Waals surface area contributed by atoms with Crippen LogP contribution in [0.1, 0.15) is 0 Å². The quantitative estimate of drug-likeness (QED) is 0.397. The molecule has 0 aliphatic carbocycles. The van der Waals surface area contributed by atoms with E-state index in [1.54, 1.807) is 18.5 Å². The van der Waals surface area contributed by atoms with Crippen molar-refractivity contribution in [3.05, 3.63) is 36.1 Å². The third-order valence-corrected chi connectivity index (χ3v) is 1.46. The topological polar surface area (TPSA) is 52.7 Å². The zero-order valence-corrected chi connectivity index (χ0v) is 5.64. The molecule has 2 aromatic heterocycles. The van der Waals surface area contributed by atoms with Crippen LogP contribution in [0.25, 0.3) is 10.8 Å². The second kappa shape index (κ2) is 2.16. The Balaban J connectivity index is 2.83. The van der Waals surface area contributed by atoms with Gasteiger partial charge >= 0.3 is 0 Å². The fourth-order valence-corrected chi connectivity index (χ4v) is 0.921. The molecule has 2 rings (SSSR count). The van der Waals surface area contributed by atoms with Gasteiger partial charge in [0.2, 0.25) is 0 Å². The van der Waals surface area contributed by atoms with Crippen LogP contribution in [0.3, 0.4) is 0 Å². The lowest BCUT2D eigenvalue weighted by molar-refractivity contribution is -0.603. The van der Waals surface area contributed by atoms with Crippen molar-refractivity contribution in [3.8, 4) is 0 Å². The summed E-state index contributed by atoms with van der Waals surface area (Å²) in [6.07, 6.45) is 6.08. The number of rotatable bonds is 0. The highest BCUT2D eigenvalue weighted by molar-refractivity contribution is 5.78. The molecule has 0 saturated carbocycles. The van der Waals surface area contributed by atoms with Crippen LogP contribution < -0.4 is 4.73 Å². The molecule has 0 unspecified atom stereocenters. The van der Waals surface area contributed by atoms with E-state index in [-0.39, 0.29) is 0 Å². The van der Waals surface area contributed by atoms with Gasteiger partial charge in [-0.3, -0.25) is 0 Å². The van der Waals surface area contributed by atoms with Gasteiger partial charge in [-0.15, -0.1) is 0 Å². The highest BCUT2D eigenvalue weighted by Crippen LogP contribution is 2.05. The highest BCUT2D eigenvalue weighted by Gasteiger charge is 1.95. The normalized spacial score (nSPS) is 10.2. The molecular formula is C7H5N3O. The van der Waals surface area contributed by atoms with E-state index < -0.39 is 0 Å². The molecule has 0 atom stereocenters. The van der Waals surface area contributed by atoms with Gasteiger partial charge in [-0.2, -0.15) is 14.9 Å². The van der Waals surface area contributed by atoms with Crippen molar-refractivity contribution in [2.75, 3.05) is 0 Å². The Morgan fingerprint density at radius 3 is 2.73 bits per heavy atom. The Bertz CT molecular complexity index is 388. The predicted molar refractivity (Wildman–Crippen MR) is 38.5 cm³/mol. The number of fused-ring (bicyclic) bond motifs is 1. The van der Waals surface area contributed by atoms with E-state index in [2.05, 4.69) is 10.2 Å². The summed E-state index contributed by atoms with van der Waals surface area (Å²) in [7, 11) is 0. The first-order chi connectivity index (χ1) is 5.36. The van der Waals surface area contributed by atoms with Gasteiger partial charge in [0.05, 0.1) is 17.8 Å². The molecule has 0 saturated heterocycles. The number of hydrogen-bond donors (Lipinski definition) is 0. The lowest BCUT2D eigenvalue weighted by Crippen LogP contribution is -2.23. The average molecular weight is 147 g/mol. The van der Waals surface area contributed by atoms with E-state index in [0.29, 0.717) is 0 Å². The lowest BCUT2D eigenvalue weighted by atomic mass is 10.3. The standard InChI is InChI=1S/C7H5N3O/c11-10-2-1-6-3-8-9-4-7(6)5-10/h1-5H. The molecule has 0 aliphatic heterocycles. The van der Waals surface area contributed by atoms with Gasteiger partial charge < -0.3 is 5.21 Å². The van der Waals surface area contributed by atoms with Gasteiger partial charge in [0.1, 0.15) is 0 Å². The molecule has 54 valence electrons. The van der Waals surface area contributed by atoms with Crippen LogP contribution in [-0.2, 0) is 0 Å². The summed E-state index contributed by atoms with van der Waals surface area (Å²) in [6, 6.07) is 1.71. The highest BCUT2D eigenvalue weighted by atomic mass is 16.5. The van der Waals surface area contributed by atoms with Crippen LogP contribution in [0.4, 0.5) is 0 Å². The fraction of sp³-hybridized carbons (Fsp3) is 0. The first-order valence-electron chi connectivity index (χ1n) is 3.15. The van der Waals surface area contributed by atoms with Crippen molar-refractivity contribution in [3.63, 3.8) is 0 Å². The molecule has 4 nitrogen and oxygen atoms in total. The van der Waals surface area contributed by atoms with Crippen molar-refractivity contribution >= 4 is 10.8 Å². The van der Waals surface area contributed by atoms with E-state index in [9.17, 15) is 5.21 Å². The number of hydrogen-bond acceptors (Lipinski definition) is 3. The third-order valence-electron chi connectivity index (χ3n) is 1.46. The molecule has 0 aliphatic rings. The maximum Gasteiger partial charge on any atom is 0.189 e. The van der Waals surface area contributed by atoms with Gasteiger partial charge in [-0.05, 0) is 0 Å². The molecule has 0 spiro atoms. The van der Waals surface area contributed by atoms with Gasteiger partial charge in [-0.1, -0.05) is 0 Å². The monoisotopic (exact) mass is 147 g/mol. The van der Waals surface area contributed by atoms with E-state index in [0.717, 1.165) is 15.5 Å². The van der Waals surface area contributed by atoms with Crippen molar-refractivity contribution in [1.29, 1.82) is 0 Å². The SMILES string of the molecule is [O-][n+]1ccc2cnncc2c1. The van der Waals surface area contributed by atoms with Crippen LogP contribution in [0.2, 0.25) is 0 Å². The summed E-state index contributed by atoms with van der Waals surface area (Å²) in [5, 5.41) is 19.8. The fourth-order valence-electron chi connectivity index (χ4n) is 0.921. The van der Waals surface area contributed by atoms with Crippen molar-refractivity contribution in [2.45, 2.75) is 0 Å². The molecular weight excluding hydrogens is 142 g/mol. The minimum atomic E-state index is 0.740. The smallest absolute Gasteiger partial charge is 0.189 e. The first kappa shape index (κ1) is 6.03. The van der Waals surface area contributed by atoms with Crippen LogP contribution >= 0.6 is 0 Å². The van der Waals surface area contributed by atoms with Gasteiger partial charge in [-0.25, -0.2) is 0 Å². The molecule has 0 aromatic carbocycles. The number of pyridine rings is 1. The Hall–Kier alpha value is -1.71. The predicted octanol–water partition coefficient (Wildman–Crippen LogP) is 0.263. The van der Waals surface area contributed by atoms with Gasteiger partial charge in [0.25, 0.3) is 0 Å². The zero-order valence-electron chi connectivity index (χ0n) is 5.64. The van der Waals surface area contributed by atoms with Crippen molar-refractivity contribution < 1.29 is 4.73 Å². The minimum absolute atomic E-state index is 0.740. The average Bonchev–Trinajstić information content (AvgIpc) is 2.04. The molecule has 2 heterocycles. The summed E-state index contributed by atoms with van der Waals surface area (Å²) in [5.74, 6) is 0. The summed E-state index contributed by atoms with van der Waals surface area (Å²) >= 11 is 0. The number of aromatic nitrogens is 3. The maximum absolute atomic E-state index is 10.8. The van der Waals surface area contributed by atoms with Crippen LogP contribution in [0.5, 0.6) is 0 Å². The van der Waals surface area contributed by atoms with Crippen LogP contribution in [0.15, 0.2) is 30.9 Å². The van der Waals surface area contributed by atoms with Crippen LogP contribution in [0, 0.1) is 5.21 Å². The molecule has 0 amide bonds. The van der Waals surface area contributed by atoms with E-state index >= 15 is 0 Å². The number of nitrogens with zero attached hydrogens (tertiary/aromatic N) is 3. The Kier molecular flexibility index (Phi) is 1.18. The first-order valence-corrected chi connectivity index (χ1v) is 3.15. The third kappa shape index (κ3) is 0.980. The summed E-state index contributed by atoms with van der Waals surface area (Å²) in [4.78, 5) is 0. The molecule has 11 heavy (non-hydrogen) atoms. The molecule has 0 N–H and O–H groups in total. The Labute approximate surface area is 62.7 Å². The minimum Gasteiger partial charge on any atom is -0.619 e.